The van der Waals surface area contributed by atoms with Crippen LogP contribution in [0.1, 0.15) is 22.3 Å². The van der Waals surface area contributed by atoms with Crippen LogP contribution in [0.4, 0.5) is 0 Å². The Hall–Kier alpha value is -1.60. The zero-order chi connectivity index (χ0) is 12.5. The Morgan fingerprint density at radius 2 is 1.83 bits per heavy atom. The van der Waals surface area contributed by atoms with Crippen LogP contribution in [-0.4, -0.2) is 12.3 Å². The molecule has 0 radical (unpaired) electrons. The Labute approximate surface area is 112 Å². The predicted octanol–water partition coefficient (Wildman–Crippen LogP) is 4.04. The van der Waals surface area contributed by atoms with E-state index in [1.807, 2.05) is 24.3 Å². The third-order valence-electron chi connectivity index (χ3n) is 3.41. The minimum Gasteiger partial charge on any atom is -0.284 e. The summed E-state index contributed by atoms with van der Waals surface area (Å²) in [5.41, 5.74) is 6.29. The maximum Gasteiger partial charge on any atom is 0.0721 e. The molecule has 0 spiro atoms. The second kappa shape index (κ2) is 4.58. The fourth-order valence-corrected chi connectivity index (χ4v) is 2.60. The van der Waals surface area contributed by atoms with Gasteiger partial charge in [-0.25, -0.2) is 0 Å². The van der Waals surface area contributed by atoms with E-state index in [1.165, 1.54) is 16.7 Å². The minimum atomic E-state index is 0.764. The van der Waals surface area contributed by atoms with Gasteiger partial charge < -0.3 is 0 Å². The van der Waals surface area contributed by atoms with Crippen molar-refractivity contribution in [3.8, 4) is 0 Å². The highest BCUT2D eigenvalue weighted by atomic mass is 35.5. The second-order valence-corrected chi connectivity index (χ2v) is 5.02. The highest BCUT2D eigenvalue weighted by molar-refractivity contribution is 6.30. The van der Waals surface area contributed by atoms with Crippen molar-refractivity contribution >= 4 is 17.3 Å². The van der Waals surface area contributed by atoms with E-state index in [1.54, 1.807) is 0 Å². The molecule has 2 aromatic rings. The molecule has 1 heterocycles. The number of aliphatic imine (C=N–C) groups is 1. The zero-order valence-corrected chi connectivity index (χ0v) is 11.0. The molecule has 1 nitrogen and oxygen atoms in total. The van der Waals surface area contributed by atoms with Crippen LogP contribution >= 0.6 is 11.6 Å². The summed E-state index contributed by atoms with van der Waals surface area (Å²) in [7, 11) is 0. The van der Waals surface area contributed by atoms with Gasteiger partial charge in [0, 0.05) is 22.7 Å². The molecule has 2 aromatic carbocycles. The van der Waals surface area contributed by atoms with Crippen LogP contribution in [0, 0.1) is 6.92 Å². The van der Waals surface area contributed by atoms with Crippen LogP contribution in [0.25, 0.3) is 0 Å². The number of nitrogens with zero attached hydrogens (tertiary/aromatic N) is 1. The zero-order valence-electron chi connectivity index (χ0n) is 10.3. The first-order chi connectivity index (χ1) is 8.75. The number of rotatable bonds is 1. The number of benzene rings is 2. The predicted molar refractivity (Wildman–Crippen MR) is 76.8 cm³/mol. The van der Waals surface area contributed by atoms with E-state index in [9.17, 15) is 0 Å². The smallest absolute Gasteiger partial charge is 0.0721 e. The first-order valence-electron chi connectivity index (χ1n) is 6.15. The highest BCUT2D eigenvalue weighted by Crippen LogP contribution is 2.23. The molecule has 0 amide bonds. The van der Waals surface area contributed by atoms with E-state index < -0.39 is 0 Å². The quantitative estimate of drug-likeness (QED) is 0.729. The molecule has 90 valence electrons. The topological polar surface area (TPSA) is 12.4 Å². The van der Waals surface area contributed by atoms with Crippen molar-refractivity contribution in [3.63, 3.8) is 0 Å². The molecule has 0 N–H and O–H groups in total. The fourth-order valence-electron chi connectivity index (χ4n) is 2.48. The van der Waals surface area contributed by atoms with Gasteiger partial charge in [0.1, 0.15) is 0 Å². The molecule has 0 aliphatic carbocycles. The van der Waals surface area contributed by atoms with E-state index in [-0.39, 0.29) is 0 Å². The van der Waals surface area contributed by atoms with Gasteiger partial charge in [-0.2, -0.15) is 0 Å². The van der Waals surface area contributed by atoms with Crippen molar-refractivity contribution < 1.29 is 0 Å². The van der Waals surface area contributed by atoms with Crippen LogP contribution in [0.5, 0.6) is 0 Å². The SMILES string of the molecule is Cc1cccc2c1CCN=C2c1ccc(Cl)cc1. The molecule has 0 saturated carbocycles. The lowest BCUT2D eigenvalue weighted by atomic mass is 9.90. The summed E-state index contributed by atoms with van der Waals surface area (Å²) < 4.78 is 0. The standard InChI is InChI=1S/C16H14ClN/c1-11-3-2-4-15-14(11)9-10-18-16(15)12-5-7-13(17)8-6-12/h2-8H,9-10H2,1H3. The molecule has 0 atom stereocenters. The van der Waals surface area contributed by atoms with Crippen molar-refractivity contribution in [1.82, 2.24) is 0 Å². The van der Waals surface area contributed by atoms with E-state index in [4.69, 9.17) is 11.6 Å². The van der Waals surface area contributed by atoms with E-state index in [0.29, 0.717) is 0 Å². The van der Waals surface area contributed by atoms with Gasteiger partial charge in [0.25, 0.3) is 0 Å². The maximum absolute atomic E-state index is 5.94. The summed E-state index contributed by atoms with van der Waals surface area (Å²) in [5, 5.41) is 0.764. The molecule has 1 aliphatic rings. The van der Waals surface area contributed by atoms with Crippen LogP contribution in [-0.2, 0) is 6.42 Å². The summed E-state index contributed by atoms with van der Waals surface area (Å²) in [6.07, 6.45) is 1.04. The first kappa shape index (κ1) is 11.5. The number of hydrogen-bond donors (Lipinski definition) is 0. The van der Waals surface area contributed by atoms with Crippen molar-refractivity contribution in [2.75, 3.05) is 6.54 Å². The lowest BCUT2D eigenvalue weighted by Crippen LogP contribution is -2.15. The van der Waals surface area contributed by atoms with Gasteiger partial charge in [0.2, 0.25) is 0 Å². The molecule has 0 aromatic heterocycles. The van der Waals surface area contributed by atoms with E-state index in [2.05, 4.69) is 30.1 Å². The van der Waals surface area contributed by atoms with Crippen LogP contribution in [0.3, 0.4) is 0 Å². The van der Waals surface area contributed by atoms with Crippen LogP contribution in [0.15, 0.2) is 47.5 Å². The molecular formula is C16H14ClN. The van der Waals surface area contributed by atoms with Gasteiger partial charge in [-0.15, -0.1) is 0 Å². The Morgan fingerprint density at radius 1 is 1.06 bits per heavy atom. The lowest BCUT2D eigenvalue weighted by Gasteiger charge is -2.19. The Balaban J connectivity index is 2.12. The molecule has 3 rings (SSSR count). The molecule has 0 unspecified atom stereocenters. The maximum atomic E-state index is 5.94. The molecule has 0 saturated heterocycles. The number of fused-ring (bicyclic) bond motifs is 1. The summed E-state index contributed by atoms with van der Waals surface area (Å²) >= 11 is 5.94. The highest BCUT2D eigenvalue weighted by Gasteiger charge is 2.16. The summed E-state index contributed by atoms with van der Waals surface area (Å²) in [6, 6.07) is 14.4. The molecule has 0 fully saturated rings. The van der Waals surface area contributed by atoms with Crippen molar-refractivity contribution in [2.24, 2.45) is 4.99 Å². The van der Waals surface area contributed by atoms with Gasteiger partial charge in [0.05, 0.1) is 5.71 Å². The number of halogens is 1. The molecule has 1 aliphatic heterocycles. The first-order valence-corrected chi connectivity index (χ1v) is 6.53. The summed E-state index contributed by atoms with van der Waals surface area (Å²) in [6.45, 7) is 3.04. The largest absolute Gasteiger partial charge is 0.284 e. The van der Waals surface area contributed by atoms with E-state index >= 15 is 0 Å². The number of aryl methyl sites for hydroxylation is 1. The number of hydrogen-bond acceptors (Lipinski definition) is 1. The summed E-state index contributed by atoms with van der Waals surface area (Å²) in [5.74, 6) is 0. The monoisotopic (exact) mass is 255 g/mol. The fraction of sp³-hybridized carbons (Fsp3) is 0.188. The Kier molecular flexibility index (Phi) is 2.92. The third kappa shape index (κ3) is 1.95. The molecular weight excluding hydrogens is 242 g/mol. The average molecular weight is 256 g/mol. The molecule has 2 heteroatoms. The molecule has 18 heavy (non-hydrogen) atoms. The third-order valence-corrected chi connectivity index (χ3v) is 3.67. The Bertz CT molecular complexity index is 611. The van der Waals surface area contributed by atoms with Gasteiger partial charge in [-0.05, 0) is 36.6 Å². The van der Waals surface area contributed by atoms with Gasteiger partial charge >= 0.3 is 0 Å². The Morgan fingerprint density at radius 3 is 2.61 bits per heavy atom. The normalized spacial score (nSPS) is 14.0. The minimum absolute atomic E-state index is 0.764. The molecule has 0 bridgehead atoms. The van der Waals surface area contributed by atoms with Crippen molar-refractivity contribution in [3.05, 3.63) is 69.7 Å². The average Bonchev–Trinajstić information content (AvgIpc) is 2.40. The van der Waals surface area contributed by atoms with Crippen LogP contribution < -0.4 is 0 Å². The summed E-state index contributed by atoms with van der Waals surface area (Å²) in [4.78, 5) is 4.69. The second-order valence-electron chi connectivity index (χ2n) is 4.59. The van der Waals surface area contributed by atoms with Crippen molar-refractivity contribution in [2.45, 2.75) is 13.3 Å². The van der Waals surface area contributed by atoms with Gasteiger partial charge in [-0.3, -0.25) is 4.99 Å². The van der Waals surface area contributed by atoms with E-state index in [0.717, 1.165) is 29.3 Å². The lowest BCUT2D eigenvalue weighted by molar-refractivity contribution is 0.933. The van der Waals surface area contributed by atoms with Gasteiger partial charge in [0.15, 0.2) is 0 Å². The van der Waals surface area contributed by atoms with Gasteiger partial charge in [-0.1, -0.05) is 41.9 Å². The van der Waals surface area contributed by atoms with Crippen LogP contribution in [0.2, 0.25) is 5.02 Å². The van der Waals surface area contributed by atoms with Crippen molar-refractivity contribution in [1.29, 1.82) is 0 Å².